The predicted molar refractivity (Wildman–Crippen MR) is 117 cm³/mol. The molecule has 0 radical (unpaired) electrons. The number of carbonyl (C=O) groups excluding carboxylic acids is 3. The maximum Gasteiger partial charge on any atom is 0.321 e. The highest BCUT2D eigenvalue weighted by atomic mass is 32.2. The van der Waals surface area contributed by atoms with Gasteiger partial charge in [-0.2, -0.15) is 0 Å². The van der Waals surface area contributed by atoms with Crippen molar-refractivity contribution < 1.29 is 14.4 Å². The first-order valence-electron chi connectivity index (χ1n) is 10.1. The molecule has 1 unspecified atom stereocenters. The molecule has 2 aromatic carbocycles. The molecule has 1 atom stereocenters. The number of para-hydroxylation sites is 1. The Kier molecular flexibility index (Phi) is 6.23. The van der Waals surface area contributed by atoms with E-state index in [1.807, 2.05) is 48.5 Å². The lowest BCUT2D eigenvalue weighted by Gasteiger charge is -2.23. The van der Waals surface area contributed by atoms with Gasteiger partial charge in [-0.1, -0.05) is 24.3 Å². The number of nitrogens with zero attached hydrogens (tertiary/aromatic N) is 1. The first-order valence-corrected chi connectivity index (χ1v) is 10.9. The van der Waals surface area contributed by atoms with Crippen molar-refractivity contribution in [3.05, 3.63) is 54.1 Å². The molecule has 0 aromatic heterocycles. The van der Waals surface area contributed by atoms with Crippen LogP contribution >= 0.6 is 11.8 Å². The summed E-state index contributed by atoms with van der Waals surface area (Å²) < 4.78 is 0. The van der Waals surface area contributed by atoms with Gasteiger partial charge in [0.2, 0.25) is 11.8 Å². The summed E-state index contributed by atoms with van der Waals surface area (Å²) in [6.07, 6.45) is 2.20. The standard InChI is InChI=1S/C22H24N4O3S/c27-20(13-19-21(28)25-17-8-1-2-9-18(17)30-19)23-14-15-6-5-7-16(12-15)24-22(29)26-10-3-4-11-26/h1-2,5-9,12,19H,3-4,10-11,13-14H2,(H,23,27)(H,24,29)(H,25,28). The first kappa shape index (κ1) is 20.3. The lowest BCUT2D eigenvalue weighted by molar-refractivity contribution is -0.124. The van der Waals surface area contributed by atoms with Crippen molar-refractivity contribution >= 4 is 41.0 Å². The molecule has 0 aliphatic carbocycles. The highest BCUT2D eigenvalue weighted by Crippen LogP contribution is 2.36. The highest BCUT2D eigenvalue weighted by Gasteiger charge is 2.28. The monoisotopic (exact) mass is 424 g/mol. The zero-order valence-corrected chi connectivity index (χ0v) is 17.3. The van der Waals surface area contributed by atoms with Gasteiger partial charge in [-0.25, -0.2) is 4.79 Å². The van der Waals surface area contributed by atoms with Crippen LogP contribution in [0.25, 0.3) is 0 Å². The van der Waals surface area contributed by atoms with Gasteiger partial charge < -0.3 is 20.9 Å². The third-order valence-electron chi connectivity index (χ3n) is 5.14. The fourth-order valence-electron chi connectivity index (χ4n) is 3.55. The fraction of sp³-hybridized carbons (Fsp3) is 0.318. The van der Waals surface area contributed by atoms with Gasteiger partial charge in [0.25, 0.3) is 0 Å². The number of urea groups is 1. The van der Waals surface area contributed by atoms with Crippen LogP contribution in [0.15, 0.2) is 53.4 Å². The average Bonchev–Trinajstić information content (AvgIpc) is 3.28. The molecule has 2 aliphatic rings. The average molecular weight is 425 g/mol. The Labute approximate surface area is 179 Å². The number of nitrogens with one attached hydrogen (secondary N) is 3. The van der Waals surface area contributed by atoms with E-state index in [1.165, 1.54) is 11.8 Å². The number of likely N-dealkylation sites (tertiary alicyclic amines) is 1. The molecular weight excluding hydrogens is 400 g/mol. The van der Waals surface area contributed by atoms with E-state index in [0.717, 1.165) is 42.1 Å². The zero-order valence-electron chi connectivity index (χ0n) is 16.5. The summed E-state index contributed by atoms with van der Waals surface area (Å²) >= 11 is 1.41. The van der Waals surface area contributed by atoms with Crippen LogP contribution in [0.2, 0.25) is 0 Å². The van der Waals surface area contributed by atoms with Crippen LogP contribution in [-0.2, 0) is 16.1 Å². The summed E-state index contributed by atoms with van der Waals surface area (Å²) in [4.78, 5) is 39.7. The van der Waals surface area contributed by atoms with Crippen molar-refractivity contribution in [2.75, 3.05) is 23.7 Å². The van der Waals surface area contributed by atoms with E-state index in [4.69, 9.17) is 0 Å². The minimum absolute atomic E-state index is 0.0886. The van der Waals surface area contributed by atoms with Crippen molar-refractivity contribution in [3.8, 4) is 0 Å². The van der Waals surface area contributed by atoms with Gasteiger partial charge in [0.15, 0.2) is 0 Å². The van der Waals surface area contributed by atoms with Gasteiger partial charge in [-0.3, -0.25) is 9.59 Å². The summed E-state index contributed by atoms with van der Waals surface area (Å²) in [5.74, 6) is -0.339. The van der Waals surface area contributed by atoms with Gasteiger partial charge in [0.1, 0.15) is 0 Å². The molecule has 0 spiro atoms. The van der Waals surface area contributed by atoms with Gasteiger partial charge in [-0.05, 0) is 42.7 Å². The van der Waals surface area contributed by atoms with E-state index in [0.29, 0.717) is 12.2 Å². The molecule has 30 heavy (non-hydrogen) atoms. The third-order valence-corrected chi connectivity index (χ3v) is 6.41. The molecule has 7 nitrogen and oxygen atoms in total. The molecule has 8 heteroatoms. The topological polar surface area (TPSA) is 90.5 Å². The van der Waals surface area contributed by atoms with Crippen LogP contribution in [0.5, 0.6) is 0 Å². The Bertz CT molecular complexity index is 959. The van der Waals surface area contributed by atoms with Crippen LogP contribution in [0, 0.1) is 0 Å². The minimum Gasteiger partial charge on any atom is -0.352 e. The van der Waals surface area contributed by atoms with Crippen molar-refractivity contribution in [3.63, 3.8) is 0 Å². The predicted octanol–water partition coefficient (Wildman–Crippen LogP) is 3.43. The number of rotatable bonds is 5. The van der Waals surface area contributed by atoms with Crippen molar-refractivity contribution in [1.29, 1.82) is 0 Å². The van der Waals surface area contributed by atoms with Crippen molar-refractivity contribution in [1.82, 2.24) is 10.2 Å². The highest BCUT2D eigenvalue weighted by molar-refractivity contribution is 8.01. The van der Waals surface area contributed by atoms with E-state index >= 15 is 0 Å². The molecule has 156 valence electrons. The maximum absolute atomic E-state index is 12.4. The molecule has 2 aromatic rings. The van der Waals surface area contributed by atoms with E-state index < -0.39 is 5.25 Å². The molecule has 4 amide bonds. The zero-order chi connectivity index (χ0) is 20.9. The second-order valence-corrected chi connectivity index (χ2v) is 8.64. The molecule has 1 saturated heterocycles. The Morgan fingerprint density at radius 1 is 1.10 bits per heavy atom. The van der Waals surface area contributed by atoms with Crippen molar-refractivity contribution in [2.45, 2.75) is 36.0 Å². The van der Waals surface area contributed by atoms with Crippen LogP contribution in [0.3, 0.4) is 0 Å². The number of amides is 4. The van der Waals surface area contributed by atoms with Crippen LogP contribution in [-0.4, -0.2) is 41.1 Å². The third kappa shape index (κ3) is 4.94. The van der Waals surface area contributed by atoms with E-state index in [9.17, 15) is 14.4 Å². The molecular formula is C22H24N4O3S. The molecule has 3 N–H and O–H groups in total. The summed E-state index contributed by atoms with van der Waals surface area (Å²) in [6.45, 7) is 1.92. The minimum atomic E-state index is -0.453. The second-order valence-electron chi connectivity index (χ2n) is 7.40. The molecule has 2 heterocycles. The lowest BCUT2D eigenvalue weighted by Crippen LogP contribution is -2.34. The number of hydrogen-bond donors (Lipinski definition) is 3. The van der Waals surface area contributed by atoms with Gasteiger partial charge in [-0.15, -0.1) is 11.8 Å². The number of thioether (sulfide) groups is 1. The number of carbonyl (C=O) groups is 3. The largest absolute Gasteiger partial charge is 0.352 e. The Morgan fingerprint density at radius 2 is 1.90 bits per heavy atom. The molecule has 4 rings (SSSR count). The van der Waals surface area contributed by atoms with E-state index in [2.05, 4.69) is 16.0 Å². The summed E-state index contributed by atoms with van der Waals surface area (Å²) in [6, 6.07) is 14.9. The van der Waals surface area contributed by atoms with Gasteiger partial charge in [0, 0.05) is 36.6 Å². The number of fused-ring (bicyclic) bond motifs is 1. The molecule has 0 bridgehead atoms. The quantitative estimate of drug-likeness (QED) is 0.686. The molecule has 0 saturated carbocycles. The summed E-state index contributed by atoms with van der Waals surface area (Å²) in [5.41, 5.74) is 2.38. The molecule has 1 fully saturated rings. The number of hydrogen-bond acceptors (Lipinski definition) is 4. The first-order chi connectivity index (χ1) is 14.6. The van der Waals surface area contributed by atoms with Gasteiger partial charge in [0.05, 0.1) is 10.9 Å². The number of benzene rings is 2. The molecule has 2 aliphatic heterocycles. The maximum atomic E-state index is 12.4. The van der Waals surface area contributed by atoms with E-state index in [1.54, 1.807) is 4.90 Å². The summed E-state index contributed by atoms with van der Waals surface area (Å²) in [7, 11) is 0. The normalized spacial score (nSPS) is 17.8. The second kappa shape index (κ2) is 9.21. The van der Waals surface area contributed by atoms with Crippen LogP contribution < -0.4 is 16.0 Å². The number of anilines is 2. The Balaban J connectivity index is 1.29. The van der Waals surface area contributed by atoms with Crippen molar-refractivity contribution in [2.24, 2.45) is 0 Å². The smallest absolute Gasteiger partial charge is 0.321 e. The SMILES string of the molecule is O=C(CC1Sc2ccccc2NC1=O)NCc1cccc(NC(=O)N2CCCC2)c1. The fourth-order valence-corrected chi connectivity index (χ4v) is 4.66. The van der Waals surface area contributed by atoms with Gasteiger partial charge >= 0.3 is 6.03 Å². The summed E-state index contributed by atoms with van der Waals surface area (Å²) in [5, 5.41) is 8.18. The van der Waals surface area contributed by atoms with Crippen LogP contribution in [0.1, 0.15) is 24.8 Å². The Morgan fingerprint density at radius 3 is 2.73 bits per heavy atom. The lowest BCUT2D eigenvalue weighted by atomic mass is 10.2. The Hall–Kier alpha value is -3.00. The van der Waals surface area contributed by atoms with Crippen LogP contribution in [0.4, 0.5) is 16.2 Å². The van der Waals surface area contributed by atoms with E-state index in [-0.39, 0.29) is 24.3 Å².